The molecule has 0 heterocycles. The number of ether oxygens (including phenoxy) is 1. The maximum atomic E-state index is 12.9. The number of aryl methyl sites for hydroxylation is 1. The molecule has 0 spiro atoms. The van der Waals surface area contributed by atoms with E-state index in [0.29, 0.717) is 22.6 Å². The van der Waals surface area contributed by atoms with Crippen LogP contribution in [0, 0.1) is 6.92 Å². The third kappa shape index (κ3) is 6.13. The second-order valence-electron chi connectivity index (χ2n) is 6.22. The van der Waals surface area contributed by atoms with Gasteiger partial charge in [0.15, 0.2) is 5.75 Å². The topological polar surface area (TPSA) is 69.2 Å². The van der Waals surface area contributed by atoms with Crippen LogP contribution in [0.3, 0.4) is 0 Å². The van der Waals surface area contributed by atoms with Gasteiger partial charge >= 0.3 is 12.3 Å². The molecule has 0 aromatic heterocycles. The molecule has 0 radical (unpaired) electrons. The van der Waals surface area contributed by atoms with Crippen LogP contribution in [-0.2, 0) is 15.8 Å². The molecule has 0 saturated heterocycles. The number of halogens is 3. The Bertz CT molecular complexity index is 898. The molecule has 2 aromatic carbocycles. The molecule has 0 fully saturated rings. The number of hydroxylamine groups is 1. The highest BCUT2D eigenvalue weighted by Crippen LogP contribution is 2.31. The fourth-order valence-electron chi connectivity index (χ4n) is 2.31. The molecule has 1 N–H and O–H groups in total. The summed E-state index contributed by atoms with van der Waals surface area (Å²) < 4.78 is 43.0. The average Bonchev–Trinajstić information content (AvgIpc) is 2.70. The molecule has 0 aliphatic heterocycles. The molecule has 6 nitrogen and oxygen atoms in total. The zero-order chi connectivity index (χ0) is 21.6. The van der Waals surface area contributed by atoms with Crippen LogP contribution >= 0.6 is 0 Å². The highest BCUT2D eigenvalue weighted by molar-refractivity contribution is 5.98. The van der Waals surface area contributed by atoms with Gasteiger partial charge in [-0.15, -0.1) is 0 Å². The second-order valence-corrected chi connectivity index (χ2v) is 6.22. The van der Waals surface area contributed by atoms with E-state index >= 15 is 0 Å². The van der Waals surface area contributed by atoms with Gasteiger partial charge in [0, 0.05) is 5.56 Å². The van der Waals surface area contributed by atoms with Crippen molar-refractivity contribution in [2.75, 3.05) is 7.11 Å². The van der Waals surface area contributed by atoms with Crippen molar-refractivity contribution in [1.82, 2.24) is 5.48 Å². The molecular formula is C20H21F3N2O4. The highest BCUT2D eigenvalue weighted by atomic mass is 19.4. The Morgan fingerprint density at radius 3 is 2.55 bits per heavy atom. The minimum Gasteiger partial charge on any atom is -0.451 e. The van der Waals surface area contributed by atoms with Crippen LogP contribution in [0.1, 0.15) is 42.2 Å². The molecule has 1 unspecified atom stereocenters. The number of methoxy groups -OCH3 is 1. The van der Waals surface area contributed by atoms with Gasteiger partial charge in [-0.05, 0) is 50.1 Å². The van der Waals surface area contributed by atoms with E-state index in [9.17, 15) is 18.0 Å². The first-order valence-corrected chi connectivity index (χ1v) is 8.61. The highest BCUT2D eigenvalue weighted by Gasteiger charge is 2.30. The van der Waals surface area contributed by atoms with Crippen LogP contribution in [0.2, 0.25) is 0 Å². The molecule has 2 aromatic rings. The quantitative estimate of drug-likeness (QED) is 0.527. The average molecular weight is 410 g/mol. The monoisotopic (exact) mass is 410 g/mol. The van der Waals surface area contributed by atoms with E-state index in [0.717, 1.165) is 17.7 Å². The standard InChI is InChI=1S/C20H21F3N2O4/c1-12-8-9-15(11-18(12)29-25-19(26)27-4)13(2)24-28-14(3)16-6-5-7-17(10-16)20(21,22)23/h5-11,14H,1-4H3,(H,25,26). The van der Waals surface area contributed by atoms with Gasteiger partial charge in [-0.25, -0.2) is 4.79 Å². The first kappa shape index (κ1) is 22.1. The van der Waals surface area contributed by atoms with Crippen LogP contribution in [-0.4, -0.2) is 18.9 Å². The van der Waals surface area contributed by atoms with E-state index in [1.54, 1.807) is 45.0 Å². The van der Waals surface area contributed by atoms with E-state index in [1.807, 2.05) is 0 Å². The number of oxime groups is 1. The second kappa shape index (κ2) is 9.31. The smallest absolute Gasteiger partial charge is 0.440 e. The number of nitrogens with one attached hydrogen (secondary N) is 1. The predicted molar refractivity (Wildman–Crippen MR) is 101 cm³/mol. The summed E-state index contributed by atoms with van der Waals surface area (Å²) in [5.74, 6) is 0.383. The Balaban J connectivity index is 2.12. The maximum absolute atomic E-state index is 12.9. The number of rotatable bonds is 6. The minimum atomic E-state index is -4.43. The third-order valence-corrected chi connectivity index (χ3v) is 4.07. The van der Waals surface area contributed by atoms with E-state index in [2.05, 4.69) is 15.4 Å². The molecule has 1 amide bonds. The number of carbonyl (C=O) groups excluding carboxylic acids is 1. The Kier molecular flexibility index (Phi) is 7.08. The van der Waals surface area contributed by atoms with Gasteiger partial charge in [0.25, 0.3) is 0 Å². The van der Waals surface area contributed by atoms with Gasteiger partial charge in [-0.3, -0.25) is 0 Å². The molecule has 0 saturated carbocycles. The van der Waals surface area contributed by atoms with Crippen molar-refractivity contribution in [3.8, 4) is 5.75 Å². The number of carbonyl (C=O) groups is 1. The number of hydrogen-bond acceptors (Lipinski definition) is 5. The zero-order valence-electron chi connectivity index (χ0n) is 16.3. The van der Waals surface area contributed by atoms with Crippen molar-refractivity contribution >= 4 is 11.8 Å². The summed E-state index contributed by atoms with van der Waals surface area (Å²) >= 11 is 0. The number of amides is 1. The predicted octanol–water partition coefficient (Wildman–Crippen LogP) is 5.17. The number of nitrogens with zero attached hydrogens (tertiary/aromatic N) is 1. The molecule has 1 atom stereocenters. The number of benzene rings is 2. The fraction of sp³-hybridized carbons (Fsp3) is 0.300. The minimum absolute atomic E-state index is 0.353. The molecule has 0 bridgehead atoms. The van der Waals surface area contributed by atoms with Crippen molar-refractivity contribution in [3.05, 3.63) is 64.7 Å². The van der Waals surface area contributed by atoms with Crippen molar-refractivity contribution in [1.29, 1.82) is 0 Å². The lowest BCUT2D eigenvalue weighted by Crippen LogP contribution is -2.27. The summed E-state index contributed by atoms with van der Waals surface area (Å²) in [5.41, 5.74) is 3.61. The Morgan fingerprint density at radius 1 is 1.17 bits per heavy atom. The fourth-order valence-corrected chi connectivity index (χ4v) is 2.31. The van der Waals surface area contributed by atoms with Gasteiger partial charge < -0.3 is 14.4 Å². The molecule has 2 rings (SSSR count). The van der Waals surface area contributed by atoms with Gasteiger partial charge in [-0.1, -0.05) is 29.4 Å². The summed E-state index contributed by atoms with van der Waals surface area (Å²) in [7, 11) is 1.21. The molecule has 0 aliphatic carbocycles. The Hall–Kier alpha value is -3.23. The van der Waals surface area contributed by atoms with Crippen LogP contribution < -0.4 is 10.3 Å². The molecule has 9 heteroatoms. The van der Waals surface area contributed by atoms with Gasteiger partial charge in [0.1, 0.15) is 6.10 Å². The van der Waals surface area contributed by atoms with Crippen molar-refractivity contribution in [2.45, 2.75) is 33.1 Å². The lowest BCUT2D eigenvalue weighted by Gasteiger charge is -2.14. The molecule has 29 heavy (non-hydrogen) atoms. The number of alkyl halides is 3. The van der Waals surface area contributed by atoms with Crippen molar-refractivity contribution < 1.29 is 32.4 Å². The summed E-state index contributed by atoms with van der Waals surface area (Å²) in [6.07, 6.45) is -5.86. The van der Waals surface area contributed by atoms with E-state index in [4.69, 9.17) is 9.68 Å². The van der Waals surface area contributed by atoms with Crippen LogP contribution in [0.25, 0.3) is 0 Å². The SMILES string of the molecule is COC(=O)NOc1cc(C(C)=NOC(C)c2cccc(C(F)(F)F)c2)ccc1C. The third-order valence-electron chi connectivity index (χ3n) is 4.07. The van der Waals surface area contributed by atoms with Gasteiger partial charge in [-0.2, -0.15) is 18.7 Å². The summed E-state index contributed by atoms with van der Waals surface area (Å²) in [6.45, 7) is 5.08. The van der Waals surface area contributed by atoms with E-state index in [-0.39, 0.29) is 0 Å². The first-order valence-electron chi connectivity index (χ1n) is 8.61. The molecule has 0 aliphatic rings. The largest absolute Gasteiger partial charge is 0.451 e. The Labute approximate surface area is 166 Å². The zero-order valence-corrected chi connectivity index (χ0v) is 16.3. The van der Waals surface area contributed by atoms with E-state index in [1.165, 1.54) is 13.2 Å². The van der Waals surface area contributed by atoms with Crippen molar-refractivity contribution in [3.63, 3.8) is 0 Å². The summed E-state index contributed by atoms with van der Waals surface area (Å²) in [5, 5.41) is 4.01. The van der Waals surface area contributed by atoms with Crippen LogP contribution in [0.4, 0.5) is 18.0 Å². The lowest BCUT2D eigenvalue weighted by molar-refractivity contribution is -0.137. The first-order chi connectivity index (χ1) is 13.6. The summed E-state index contributed by atoms with van der Waals surface area (Å²) in [6, 6.07) is 10.1. The Morgan fingerprint density at radius 2 is 1.90 bits per heavy atom. The van der Waals surface area contributed by atoms with Crippen LogP contribution in [0.5, 0.6) is 5.75 Å². The van der Waals surface area contributed by atoms with Crippen LogP contribution in [0.15, 0.2) is 47.6 Å². The van der Waals surface area contributed by atoms with E-state index < -0.39 is 23.9 Å². The maximum Gasteiger partial charge on any atom is 0.440 e. The normalized spacial score (nSPS) is 12.9. The van der Waals surface area contributed by atoms with Gasteiger partial charge in [0.05, 0.1) is 18.4 Å². The molecular weight excluding hydrogens is 389 g/mol. The summed E-state index contributed by atoms with van der Waals surface area (Å²) in [4.78, 5) is 21.7. The number of hydrogen-bond donors (Lipinski definition) is 1. The van der Waals surface area contributed by atoms with Crippen molar-refractivity contribution in [2.24, 2.45) is 5.16 Å². The molecule has 156 valence electrons. The van der Waals surface area contributed by atoms with Gasteiger partial charge in [0.2, 0.25) is 0 Å². The lowest BCUT2D eigenvalue weighted by atomic mass is 10.1.